The molecule has 0 unspecified atom stereocenters. The second-order valence-corrected chi connectivity index (χ2v) is 3.12. The van der Waals surface area contributed by atoms with Crippen LogP contribution >= 0.6 is 0 Å². The molecule has 0 saturated carbocycles. The van der Waals surface area contributed by atoms with Crippen molar-refractivity contribution < 1.29 is 8.78 Å². The van der Waals surface area contributed by atoms with Gasteiger partial charge in [0.25, 0.3) is 0 Å². The highest BCUT2D eigenvalue weighted by molar-refractivity contribution is 4.65. The first kappa shape index (κ1) is 9.86. The Balaban J connectivity index is 2.12. The van der Waals surface area contributed by atoms with E-state index in [1.807, 2.05) is 0 Å². The number of alkyl halides is 2. The van der Waals surface area contributed by atoms with Crippen molar-refractivity contribution >= 4 is 0 Å². The lowest BCUT2D eigenvalue weighted by Gasteiger charge is -2.18. The molecule has 4 heteroatoms. The summed E-state index contributed by atoms with van der Waals surface area (Å²) in [6.45, 7) is 4.36. The minimum absolute atomic E-state index is 0.0139. The molecule has 72 valence electrons. The van der Waals surface area contributed by atoms with Gasteiger partial charge in [-0.2, -0.15) is 0 Å². The van der Waals surface area contributed by atoms with E-state index in [0.717, 1.165) is 32.6 Å². The highest BCUT2D eigenvalue weighted by Crippen LogP contribution is 2.02. The van der Waals surface area contributed by atoms with Crippen LogP contribution in [-0.2, 0) is 0 Å². The van der Waals surface area contributed by atoms with Crippen LogP contribution in [0.3, 0.4) is 0 Å². The van der Waals surface area contributed by atoms with Crippen LogP contribution in [0, 0.1) is 0 Å². The van der Waals surface area contributed by atoms with Gasteiger partial charge in [0.2, 0.25) is 6.43 Å². The van der Waals surface area contributed by atoms with E-state index >= 15 is 0 Å². The Kier molecular flexibility index (Phi) is 4.46. The van der Waals surface area contributed by atoms with Gasteiger partial charge < -0.3 is 10.2 Å². The summed E-state index contributed by atoms with van der Waals surface area (Å²) in [6, 6.07) is 0. The topological polar surface area (TPSA) is 15.3 Å². The number of halogens is 2. The fraction of sp³-hybridized carbons (Fsp3) is 1.00. The molecule has 1 rings (SSSR count). The molecule has 1 aliphatic rings. The summed E-state index contributed by atoms with van der Waals surface area (Å²) in [5.74, 6) is 0. The van der Waals surface area contributed by atoms with Gasteiger partial charge in [0.1, 0.15) is 0 Å². The highest BCUT2D eigenvalue weighted by atomic mass is 19.3. The molecule has 1 heterocycles. The van der Waals surface area contributed by atoms with E-state index in [0.29, 0.717) is 6.54 Å². The third kappa shape index (κ3) is 3.97. The molecule has 1 saturated heterocycles. The van der Waals surface area contributed by atoms with Crippen molar-refractivity contribution in [3.63, 3.8) is 0 Å². The van der Waals surface area contributed by atoms with E-state index in [1.54, 1.807) is 0 Å². The fourth-order valence-corrected chi connectivity index (χ4v) is 1.41. The quantitative estimate of drug-likeness (QED) is 0.691. The second-order valence-electron chi connectivity index (χ2n) is 3.12. The third-order valence-corrected chi connectivity index (χ3v) is 2.10. The van der Waals surface area contributed by atoms with Crippen molar-refractivity contribution in [3.05, 3.63) is 0 Å². The molecule has 0 amide bonds. The first-order valence-electron chi connectivity index (χ1n) is 4.50. The maximum absolute atomic E-state index is 11.8. The van der Waals surface area contributed by atoms with E-state index in [4.69, 9.17) is 0 Å². The van der Waals surface area contributed by atoms with Crippen molar-refractivity contribution in [1.29, 1.82) is 0 Å². The first-order chi connectivity index (χ1) is 5.79. The predicted octanol–water partition coefficient (Wildman–Crippen LogP) is 0.937. The van der Waals surface area contributed by atoms with Gasteiger partial charge in [0.05, 0.1) is 0 Å². The Bertz CT molecular complexity index is 112. The van der Waals surface area contributed by atoms with Crippen LogP contribution < -0.4 is 5.32 Å². The Labute approximate surface area is 71.9 Å². The van der Waals surface area contributed by atoms with E-state index in [-0.39, 0.29) is 6.42 Å². The van der Waals surface area contributed by atoms with Gasteiger partial charge in [0, 0.05) is 26.1 Å². The van der Waals surface area contributed by atoms with Crippen LogP contribution in [0.4, 0.5) is 8.78 Å². The van der Waals surface area contributed by atoms with Crippen LogP contribution in [0.25, 0.3) is 0 Å². The highest BCUT2D eigenvalue weighted by Gasteiger charge is 2.10. The van der Waals surface area contributed by atoms with E-state index in [9.17, 15) is 8.78 Å². The van der Waals surface area contributed by atoms with Crippen molar-refractivity contribution in [2.24, 2.45) is 0 Å². The van der Waals surface area contributed by atoms with Crippen molar-refractivity contribution in [2.75, 3.05) is 32.7 Å². The average Bonchev–Trinajstić information content (AvgIpc) is 2.28. The van der Waals surface area contributed by atoms with Crippen molar-refractivity contribution in [2.45, 2.75) is 19.3 Å². The zero-order valence-corrected chi connectivity index (χ0v) is 7.23. The van der Waals surface area contributed by atoms with Crippen molar-refractivity contribution in [3.8, 4) is 0 Å². The maximum Gasteiger partial charge on any atom is 0.239 e. The maximum atomic E-state index is 11.8. The Morgan fingerprint density at radius 1 is 1.25 bits per heavy atom. The Hall–Kier alpha value is -0.220. The van der Waals surface area contributed by atoms with Crippen LogP contribution in [0.2, 0.25) is 0 Å². The molecule has 1 aliphatic heterocycles. The molecule has 0 aromatic heterocycles. The molecule has 0 aromatic rings. The van der Waals surface area contributed by atoms with Crippen LogP contribution in [0.15, 0.2) is 0 Å². The van der Waals surface area contributed by atoms with Crippen LogP contribution in [-0.4, -0.2) is 44.0 Å². The van der Waals surface area contributed by atoms with Gasteiger partial charge in [0.15, 0.2) is 0 Å². The number of nitrogens with one attached hydrogen (secondary N) is 1. The molecule has 1 N–H and O–H groups in total. The van der Waals surface area contributed by atoms with E-state index in [1.165, 1.54) is 0 Å². The van der Waals surface area contributed by atoms with E-state index in [2.05, 4.69) is 10.2 Å². The summed E-state index contributed by atoms with van der Waals surface area (Å²) < 4.78 is 23.7. The molecule has 0 radical (unpaired) electrons. The number of hydrogen-bond acceptors (Lipinski definition) is 2. The average molecular weight is 178 g/mol. The monoisotopic (exact) mass is 178 g/mol. The lowest BCUT2D eigenvalue weighted by molar-refractivity contribution is 0.117. The lowest BCUT2D eigenvalue weighted by atomic mass is 10.3. The number of rotatable bonds is 3. The molecule has 0 atom stereocenters. The summed E-state index contributed by atoms with van der Waals surface area (Å²) in [4.78, 5) is 2.10. The molecule has 0 spiro atoms. The molecular weight excluding hydrogens is 162 g/mol. The van der Waals surface area contributed by atoms with Gasteiger partial charge in [-0.05, 0) is 19.5 Å². The smallest absolute Gasteiger partial charge is 0.239 e. The number of hydrogen-bond donors (Lipinski definition) is 1. The summed E-state index contributed by atoms with van der Waals surface area (Å²) in [5, 5.41) is 3.24. The third-order valence-electron chi connectivity index (χ3n) is 2.10. The van der Waals surface area contributed by atoms with Crippen molar-refractivity contribution in [1.82, 2.24) is 10.2 Å². The second kappa shape index (κ2) is 5.43. The molecule has 0 aliphatic carbocycles. The molecule has 2 nitrogen and oxygen atoms in total. The molecule has 12 heavy (non-hydrogen) atoms. The van der Waals surface area contributed by atoms with Gasteiger partial charge in [-0.15, -0.1) is 0 Å². The summed E-state index contributed by atoms with van der Waals surface area (Å²) in [6.07, 6.45) is -1.07. The van der Waals surface area contributed by atoms with Gasteiger partial charge in [-0.3, -0.25) is 0 Å². The predicted molar refractivity (Wildman–Crippen MR) is 44.5 cm³/mol. The summed E-state index contributed by atoms with van der Waals surface area (Å²) in [5.41, 5.74) is 0. The number of nitrogens with zero attached hydrogens (tertiary/aromatic N) is 1. The Morgan fingerprint density at radius 3 is 2.83 bits per heavy atom. The summed E-state index contributed by atoms with van der Waals surface area (Å²) in [7, 11) is 0. The molecular formula is C8H16F2N2. The minimum atomic E-state index is -2.15. The Morgan fingerprint density at radius 2 is 2.08 bits per heavy atom. The first-order valence-corrected chi connectivity index (χ1v) is 4.50. The molecule has 0 bridgehead atoms. The molecule has 1 fully saturated rings. The normalized spacial score (nSPS) is 21.2. The standard InChI is InChI=1S/C8H16F2N2/c9-8(10)2-6-12-5-1-3-11-4-7-12/h8,11H,1-7H2. The van der Waals surface area contributed by atoms with Gasteiger partial charge in [-0.25, -0.2) is 8.78 Å². The zero-order valence-electron chi connectivity index (χ0n) is 7.23. The minimum Gasteiger partial charge on any atom is -0.315 e. The molecule has 0 aromatic carbocycles. The fourth-order valence-electron chi connectivity index (χ4n) is 1.41. The van der Waals surface area contributed by atoms with Gasteiger partial charge in [-0.1, -0.05) is 0 Å². The largest absolute Gasteiger partial charge is 0.315 e. The SMILES string of the molecule is FC(F)CCN1CCCNCC1. The lowest BCUT2D eigenvalue weighted by Crippen LogP contribution is -2.29. The van der Waals surface area contributed by atoms with Crippen LogP contribution in [0.5, 0.6) is 0 Å². The van der Waals surface area contributed by atoms with Gasteiger partial charge >= 0.3 is 0 Å². The van der Waals surface area contributed by atoms with Crippen LogP contribution in [0.1, 0.15) is 12.8 Å². The summed E-state index contributed by atoms with van der Waals surface area (Å²) >= 11 is 0. The van der Waals surface area contributed by atoms with E-state index < -0.39 is 6.43 Å². The zero-order chi connectivity index (χ0) is 8.81.